The molecule has 0 aliphatic heterocycles. The van der Waals surface area contributed by atoms with Crippen LogP contribution >= 0.6 is 0 Å². The van der Waals surface area contributed by atoms with Crippen molar-refractivity contribution in [2.75, 3.05) is 24.2 Å². The van der Waals surface area contributed by atoms with Gasteiger partial charge in [0.25, 0.3) is 0 Å². The molecule has 128 valence electrons. The molecule has 24 heavy (non-hydrogen) atoms. The van der Waals surface area contributed by atoms with Gasteiger partial charge in [0.1, 0.15) is 12.3 Å². The molecule has 2 rings (SSSR count). The fourth-order valence-electron chi connectivity index (χ4n) is 2.10. The number of aromatic nitrogens is 1. The van der Waals surface area contributed by atoms with Crippen LogP contribution in [0.3, 0.4) is 0 Å². The SMILES string of the molecule is COc1ccccc1N(CC(=O)NCc1ccncc1)S(C)(=O)=O. The van der Waals surface area contributed by atoms with Gasteiger partial charge in [-0.25, -0.2) is 8.42 Å². The van der Waals surface area contributed by atoms with Gasteiger partial charge in [0.05, 0.1) is 19.1 Å². The van der Waals surface area contributed by atoms with Crippen LogP contribution < -0.4 is 14.4 Å². The molecular formula is C16H19N3O4S. The number of carbonyl (C=O) groups is 1. The maximum atomic E-state index is 12.2. The van der Waals surface area contributed by atoms with Gasteiger partial charge in [0, 0.05) is 18.9 Å². The van der Waals surface area contributed by atoms with Crippen LogP contribution in [0.15, 0.2) is 48.8 Å². The Morgan fingerprint density at radius 1 is 1.21 bits per heavy atom. The number of carbonyl (C=O) groups excluding carboxylic acids is 1. The number of hydrogen-bond donors (Lipinski definition) is 1. The topological polar surface area (TPSA) is 88.6 Å². The van der Waals surface area contributed by atoms with Crippen LogP contribution in [0.5, 0.6) is 5.75 Å². The highest BCUT2D eigenvalue weighted by atomic mass is 32.2. The molecule has 1 N–H and O–H groups in total. The number of pyridine rings is 1. The van der Waals surface area contributed by atoms with E-state index in [9.17, 15) is 13.2 Å². The zero-order chi connectivity index (χ0) is 17.6. The molecule has 0 unspecified atom stereocenters. The monoisotopic (exact) mass is 349 g/mol. The fraction of sp³-hybridized carbons (Fsp3) is 0.250. The Labute approximate surface area is 141 Å². The summed E-state index contributed by atoms with van der Waals surface area (Å²) in [6, 6.07) is 10.2. The summed E-state index contributed by atoms with van der Waals surface area (Å²) in [5, 5.41) is 2.70. The molecule has 0 spiro atoms. The van der Waals surface area contributed by atoms with Crippen LogP contribution in [0.1, 0.15) is 5.56 Å². The smallest absolute Gasteiger partial charge is 0.241 e. The number of sulfonamides is 1. The summed E-state index contributed by atoms with van der Waals surface area (Å²) >= 11 is 0. The highest BCUT2D eigenvalue weighted by molar-refractivity contribution is 7.92. The van der Waals surface area contributed by atoms with E-state index in [1.165, 1.54) is 7.11 Å². The first kappa shape index (κ1) is 17.7. The van der Waals surface area contributed by atoms with Crippen molar-refractivity contribution in [1.29, 1.82) is 0 Å². The largest absolute Gasteiger partial charge is 0.495 e. The zero-order valence-electron chi connectivity index (χ0n) is 13.5. The molecule has 0 saturated heterocycles. The van der Waals surface area contributed by atoms with Crippen LogP contribution in [-0.2, 0) is 21.4 Å². The summed E-state index contributed by atoms with van der Waals surface area (Å²) < 4.78 is 30.4. The third-order valence-corrected chi connectivity index (χ3v) is 4.41. The molecule has 0 aliphatic carbocycles. The summed E-state index contributed by atoms with van der Waals surface area (Å²) in [6.45, 7) is -0.0326. The quantitative estimate of drug-likeness (QED) is 0.811. The van der Waals surface area contributed by atoms with E-state index >= 15 is 0 Å². The average molecular weight is 349 g/mol. The van der Waals surface area contributed by atoms with Gasteiger partial charge >= 0.3 is 0 Å². The summed E-state index contributed by atoms with van der Waals surface area (Å²) in [6.07, 6.45) is 4.30. The number of ether oxygens (including phenoxy) is 1. The lowest BCUT2D eigenvalue weighted by Crippen LogP contribution is -2.40. The Morgan fingerprint density at radius 2 is 1.88 bits per heavy atom. The third kappa shape index (κ3) is 4.69. The van der Waals surface area contributed by atoms with Crippen molar-refractivity contribution in [2.45, 2.75) is 6.54 Å². The van der Waals surface area contributed by atoms with Gasteiger partial charge < -0.3 is 10.1 Å². The van der Waals surface area contributed by atoms with Crippen molar-refractivity contribution < 1.29 is 17.9 Å². The lowest BCUT2D eigenvalue weighted by molar-refractivity contribution is -0.119. The number of rotatable bonds is 7. The van der Waals surface area contributed by atoms with Crippen molar-refractivity contribution in [3.05, 3.63) is 54.4 Å². The Balaban J connectivity index is 2.13. The second kappa shape index (κ2) is 7.78. The second-order valence-electron chi connectivity index (χ2n) is 5.07. The van der Waals surface area contributed by atoms with Crippen LogP contribution in [0.25, 0.3) is 0 Å². The van der Waals surface area contributed by atoms with Crippen molar-refractivity contribution in [2.24, 2.45) is 0 Å². The van der Waals surface area contributed by atoms with E-state index in [1.807, 2.05) is 0 Å². The maximum Gasteiger partial charge on any atom is 0.241 e. The predicted molar refractivity (Wildman–Crippen MR) is 91.3 cm³/mol. The van der Waals surface area contributed by atoms with E-state index < -0.39 is 15.9 Å². The summed E-state index contributed by atoms with van der Waals surface area (Å²) in [5.74, 6) is -0.0343. The van der Waals surface area contributed by atoms with Crippen LogP contribution in [0, 0.1) is 0 Å². The molecule has 1 aromatic carbocycles. The molecule has 0 saturated carbocycles. The van der Waals surface area contributed by atoms with E-state index in [0.29, 0.717) is 18.0 Å². The zero-order valence-corrected chi connectivity index (χ0v) is 14.3. The molecular weight excluding hydrogens is 330 g/mol. The summed E-state index contributed by atoms with van der Waals surface area (Å²) in [7, 11) is -2.20. The lowest BCUT2D eigenvalue weighted by Gasteiger charge is -2.23. The van der Waals surface area contributed by atoms with E-state index in [2.05, 4.69) is 10.3 Å². The molecule has 0 atom stereocenters. The van der Waals surface area contributed by atoms with Gasteiger partial charge in [0.2, 0.25) is 15.9 Å². The Kier molecular flexibility index (Phi) is 5.75. The normalized spacial score (nSPS) is 10.9. The first-order chi connectivity index (χ1) is 11.4. The molecule has 1 heterocycles. The first-order valence-electron chi connectivity index (χ1n) is 7.18. The molecule has 8 heteroatoms. The van der Waals surface area contributed by atoms with Gasteiger partial charge in [0.15, 0.2) is 0 Å². The minimum absolute atomic E-state index is 0.297. The molecule has 0 fully saturated rings. The van der Waals surface area contributed by atoms with E-state index in [0.717, 1.165) is 16.1 Å². The highest BCUT2D eigenvalue weighted by Gasteiger charge is 2.23. The number of anilines is 1. The Morgan fingerprint density at radius 3 is 2.50 bits per heavy atom. The van der Waals surface area contributed by atoms with Crippen molar-refractivity contribution in [1.82, 2.24) is 10.3 Å². The standard InChI is InChI=1S/C16H19N3O4S/c1-23-15-6-4-3-5-14(15)19(24(2,21)22)12-16(20)18-11-13-7-9-17-10-8-13/h3-10H,11-12H2,1-2H3,(H,18,20). The Bertz CT molecular complexity index is 794. The van der Waals surface area contributed by atoms with Crippen LogP contribution in [0.2, 0.25) is 0 Å². The number of nitrogens with zero attached hydrogens (tertiary/aromatic N) is 2. The number of benzene rings is 1. The number of amides is 1. The van der Waals surface area contributed by atoms with Crippen LogP contribution in [0.4, 0.5) is 5.69 Å². The van der Waals surface area contributed by atoms with Crippen molar-refractivity contribution in [3.63, 3.8) is 0 Å². The lowest BCUT2D eigenvalue weighted by atomic mass is 10.2. The maximum absolute atomic E-state index is 12.2. The predicted octanol–water partition coefficient (Wildman–Crippen LogP) is 1.17. The Hall–Kier alpha value is -2.61. The number of methoxy groups -OCH3 is 1. The molecule has 7 nitrogen and oxygen atoms in total. The number of para-hydroxylation sites is 2. The molecule has 0 radical (unpaired) electrons. The first-order valence-corrected chi connectivity index (χ1v) is 9.03. The molecule has 2 aromatic rings. The van der Waals surface area contributed by atoms with Gasteiger partial charge in [-0.15, -0.1) is 0 Å². The van der Waals surface area contributed by atoms with Crippen LogP contribution in [-0.4, -0.2) is 39.2 Å². The molecule has 0 bridgehead atoms. The van der Waals surface area contributed by atoms with Crippen molar-refractivity contribution >= 4 is 21.6 Å². The van der Waals surface area contributed by atoms with Gasteiger partial charge in [-0.3, -0.25) is 14.1 Å². The highest BCUT2D eigenvalue weighted by Crippen LogP contribution is 2.29. The third-order valence-electron chi connectivity index (χ3n) is 3.28. The van der Waals surface area contributed by atoms with Crippen molar-refractivity contribution in [3.8, 4) is 5.75 Å². The molecule has 1 aromatic heterocycles. The van der Waals surface area contributed by atoms with Gasteiger partial charge in [-0.2, -0.15) is 0 Å². The number of nitrogens with one attached hydrogen (secondary N) is 1. The second-order valence-corrected chi connectivity index (χ2v) is 6.98. The summed E-state index contributed by atoms with van der Waals surface area (Å²) in [4.78, 5) is 16.1. The molecule has 0 aliphatic rings. The minimum Gasteiger partial charge on any atom is -0.495 e. The minimum atomic E-state index is -3.65. The van der Waals surface area contributed by atoms with Gasteiger partial charge in [-0.1, -0.05) is 12.1 Å². The van der Waals surface area contributed by atoms with E-state index in [1.54, 1.807) is 48.8 Å². The fourth-order valence-corrected chi connectivity index (χ4v) is 2.96. The van der Waals surface area contributed by atoms with Gasteiger partial charge in [-0.05, 0) is 29.8 Å². The average Bonchev–Trinajstić information content (AvgIpc) is 2.58. The van der Waals surface area contributed by atoms with E-state index in [4.69, 9.17) is 4.74 Å². The molecule has 1 amide bonds. The van der Waals surface area contributed by atoms with E-state index in [-0.39, 0.29) is 6.54 Å². The summed E-state index contributed by atoms with van der Waals surface area (Å²) in [5.41, 5.74) is 1.20. The number of hydrogen-bond acceptors (Lipinski definition) is 5.